The van der Waals surface area contributed by atoms with E-state index in [1.54, 1.807) is 65.3 Å². The van der Waals surface area contributed by atoms with Crippen LogP contribution < -0.4 is 15.2 Å². The number of hydrogen-bond donors (Lipinski definition) is 2. The van der Waals surface area contributed by atoms with Gasteiger partial charge in [-0.15, -0.1) is 5.10 Å². The Morgan fingerprint density at radius 3 is 2.71 bits per heavy atom. The minimum Gasteiger partial charge on any atom is -0.491 e. The number of ether oxygens (including phenoxy) is 2. The number of nitrogens with zero attached hydrogens (tertiary/aromatic N) is 5. The fourth-order valence-electron chi connectivity index (χ4n) is 5.10. The van der Waals surface area contributed by atoms with Crippen LogP contribution in [0.15, 0.2) is 59.7 Å². The summed E-state index contributed by atoms with van der Waals surface area (Å²) in [5.41, 5.74) is -0.105. The Kier molecular flexibility index (Phi) is 9.92. The lowest BCUT2D eigenvalue weighted by atomic mass is 9.82. The minimum absolute atomic E-state index is 0.000655. The lowest BCUT2D eigenvalue weighted by Crippen LogP contribution is -2.44. The maximum Gasteiger partial charge on any atom is 0.305 e. The van der Waals surface area contributed by atoms with Gasteiger partial charge in [-0.2, -0.15) is 0 Å². The Morgan fingerprint density at radius 2 is 1.98 bits per heavy atom. The van der Waals surface area contributed by atoms with Crippen LogP contribution in [-0.4, -0.2) is 69.0 Å². The van der Waals surface area contributed by atoms with Gasteiger partial charge >= 0.3 is 5.97 Å². The monoisotopic (exact) mass is 579 g/mol. The molecule has 0 saturated heterocycles. The predicted octanol–water partition coefficient (Wildman–Crippen LogP) is 2.13. The van der Waals surface area contributed by atoms with Crippen LogP contribution in [-0.2, 0) is 32.9 Å². The van der Waals surface area contributed by atoms with Crippen LogP contribution >= 0.6 is 0 Å². The maximum absolute atomic E-state index is 13.9. The van der Waals surface area contributed by atoms with E-state index in [4.69, 9.17) is 14.6 Å². The number of aliphatic hydroxyl groups excluding tert-OH is 1. The number of carbonyl (C=O) groups excluding carboxylic acids is 2. The first-order chi connectivity index (χ1) is 20.2. The molecule has 2 aromatic heterocycles. The molecule has 1 aliphatic heterocycles. The Balaban J connectivity index is 1.61. The number of aryl methyl sites for hydroxylation is 1. The van der Waals surface area contributed by atoms with Crippen LogP contribution in [0.3, 0.4) is 0 Å². The van der Waals surface area contributed by atoms with E-state index in [2.05, 4.69) is 10.3 Å². The number of aliphatic hydroxyl groups is 2. The van der Waals surface area contributed by atoms with Crippen molar-refractivity contribution >= 4 is 17.6 Å². The van der Waals surface area contributed by atoms with Gasteiger partial charge in [0.15, 0.2) is 11.4 Å². The third-order valence-corrected chi connectivity index (χ3v) is 7.47. The van der Waals surface area contributed by atoms with Gasteiger partial charge in [-0.1, -0.05) is 24.3 Å². The van der Waals surface area contributed by atoms with E-state index >= 15 is 0 Å². The second-order valence-corrected chi connectivity index (χ2v) is 10.2. The second kappa shape index (κ2) is 13.6. The third-order valence-electron chi connectivity index (χ3n) is 7.47. The number of fused-ring (bicyclic) bond motifs is 1. The molecule has 0 aliphatic carbocycles. The van der Waals surface area contributed by atoms with Gasteiger partial charge in [0, 0.05) is 62.1 Å². The van der Waals surface area contributed by atoms with Crippen molar-refractivity contribution in [2.24, 2.45) is 5.92 Å². The van der Waals surface area contributed by atoms with E-state index in [0.29, 0.717) is 61.4 Å². The van der Waals surface area contributed by atoms with Gasteiger partial charge in [0.1, 0.15) is 0 Å². The van der Waals surface area contributed by atoms with Gasteiger partial charge in [0.2, 0.25) is 0 Å². The molecule has 0 unspecified atom stereocenters. The summed E-state index contributed by atoms with van der Waals surface area (Å²) in [5.74, 6) is -1.22. The van der Waals surface area contributed by atoms with Gasteiger partial charge in [-0.25, -0.2) is 0 Å². The molecule has 42 heavy (non-hydrogen) atoms. The van der Waals surface area contributed by atoms with Crippen LogP contribution in [0.2, 0.25) is 0 Å². The molecule has 0 saturated carbocycles. The van der Waals surface area contributed by atoms with Crippen LogP contribution in [0.5, 0.6) is 5.75 Å². The minimum atomic E-state index is -1.88. The van der Waals surface area contributed by atoms with Crippen molar-refractivity contribution in [2.45, 2.75) is 51.2 Å². The summed E-state index contributed by atoms with van der Waals surface area (Å²) in [7, 11) is 2.76. The molecular weight excluding hydrogens is 542 g/mol. The molecule has 224 valence electrons. The number of anilines is 1. The number of aromatic nitrogens is 4. The van der Waals surface area contributed by atoms with E-state index in [-0.39, 0.29) is 30.3 Å². The number of unbranched alkanes of at least 4 members (excludes halogenated alkanes) is 1. The van der Waals surface area contributed by atoms with E-state index in [9.17, 15) is 19.5 Å². The molecule has 3 aromatic rings. The number of esters is 1. The number of pyridine rings is 1. The Hall–Kier alpha value is -4.29. The number of carbonyl (C=O) groups is 2. The van der Waals surface area contributed by atoms with Gasteiger partial charge in [0.25, 0.3) is 11.5 Å². The van der Waals surface area contributed by atoms with E-state index in [1.807, 2.05) is 6.08 Å². The highest BCUT2D eigenvalue weighted by molar-refractivity contribution is 6.07. The first-order valence-electron chi connectivity index (χ1n) is 13.9. The van der Waals surface area contributed by atoms with E-state index in [1.165, 1.54) is 18.8 Å². The molecule has 1 aromatic carbocycles. The summed E-state index contributed by atoms with van der Waals surface area (Å²) in [6.45, 7) is 2.63. The summed E-state index contributed by atoms with van der Waals surface area (Å²) >= 11 is 0. The maximum atomic E-state index is 13.9. The molecule has 1 aliphatic rings. The lowest BCUT2D eigenvalue weighted by molar-refractivity contribution is -0.140. The molecule has 1 amide bonds. The molecule has 3 heterocycles. The van der Waals surface area contributed by atoms with Crippen molar-refractivity contribution in [3.8, 4) is 11.4 Å². The van der Waals surface area contributed by atoms with Crippen molar-refractivity contribution in [2.75, 3.05) is 32.3 Å². The Bertz CT molecular complexity index is 1500. The number of benzene rings is 1. The lowest BCUT2D eigenvalue weighted by Gasteiger charge is -2.28. The number of rotatable bonds is 14. The van der Waals surface area contributed by atoms with Crippen molar-refractivity contribution in [3.63, 3.8) is 0 Å². The highest BCUT2D eigenvalue weighted by atomic mass is 16.5. The smallest absolute Gasteiger partial charge is 0.305 e. The zero-order chi connectivity index (χ0) is 30.3. The zero-order valence-corrected chi connectivity index (χ0v) is 24.1. The molecular formula is C30H37N5O7. The predicted molar refractivity (Wildman–Crippen MR) is 154 cm³/mol. The molecule has 12 heteroatoms. The van der Waals surface area contributed by atoms with Crippen molar-refractivity contribution in [3.05, 3.63) is 76.5 Å². The normalized spacial score (nSPS) is 17.1. The van der Waals surface area contributed by atoms with Crippen LogP contribution in [0.25, 0.3) is 5.69 Å². The molecule has 12 nitrogen and oxygen atoms in total. The molecule has 0 spiro atoms. The number of allylic oxidation sites excluding steroid dienone is 1. The molecule has 2 atom stereocenters. The Morgan fingerprint density at radius 1 is 1.17 bits per heavy atom. The van der Waals surface area contributed by atoms with Gasteiger partial charge < -0.3 is 24.6 Å². The molecule has 0 fully saturated rings. The highest BCUT2D eigenvalue weighted by Gasteiger charge is 2.52. The first-order valence-corrected chi connectivity index (χ1v) is 13.9. The van der Waals surface area contributed by atoms with Crippen molar-refractivity contribution in [1.29, 1.82) is 0 Å². The average molecular weight is 580 g/mol. The van der Waals surface area contributed by atoms with Gasteiger partial charge in [0.05, 0.1) is 25.6 Å². The van der Waals surface area contributed by atoms with Crippen molar-refractivity contribution in [1.82, 2.24) is 19.6 Å². The van der Waals surface area contributed by atoms with Crippen LogP contribution in [0, 0.1) is 5.92 Å². The molecule has 0 radical (unpaired) electrons. The average Bonchev–Trinajstić information content (AvgIpc) is 3.53. The third kappa shape index (κ3) is 6.29. The Labute approximate surface area is 243 Å². The quantitative estimate of drug-likeness (QED) is 0.166. The fourth-order valence-corrected chi connectivity index (χ4v) is 5.10. The SMILES string of the molecule is COC(=O)CCCCN1C(=O)[C@@](O)([C@@H](C)/C=C/CCn2cc(CCO)nn2)c2cc(-n3cccc(OC)c3=O)ccc21. The van der Waals surface area contributed by atoms with E-state index in [0.717, 1.165) is 0 Å². The van der Waals surface area contributed by atoms with Crippen molar-refractivity contribution < 1.29 is 29.3 Å². The first kappa shape index (κ1) is 30.7. The number of hydrogen-bond acceptors (Lipinski definition) is 9. The number of methoxy groups -OCH3 is 2. The molecule has 4 rings (SSSR count). The molecule has 0 bridgehead atoms. The summed E-state index contributed by atoms with van der Waals surface area (Å²) < 4.78 is 13.0. The van der Waals surface area contributed by atoms with Crippen LogP contribution in [0.1, 0.15) is 43.9 Å². The largest absolute Gasteiger partial charge is 0.491 e. The fraction of sp³-hybridized carbons (Fsp3) is 0.433. The topological polar surface area (TPSA) is 149 Å². The van der Waals surface area contributed by atoms with Gasteiger partial charge in [-0.05, 0) is 49.6 Å². The number of amides is 1. The molecule has 2 N–H and O–H groups in total. The second-order valence-electron chi connectivity index (χ2n) is 10.2. The highest BCUT2D eigenvalue weighted by Crippen LogP contribution is 2.46. The van der Waals surface area contributed by atoms with Crippen LogP contribution in [0.4, 0.5) is 5.69 Å². The van der Waals surface area contributed by atoms with E-state index < -0.39 is 17.4 Å². The summed E-state index contributed by atoms with van der Waals surface area (Å²) in [4.78, 5) is 39.9. The zero-order valence-electron chi connectivity index (χ0n) is 24.1. The summed E-state index contributed by atoms with van der Waals surface area (Å²) in [6, 6.07) is 8.39. The summed E-state index contributed by atoms with van der Waals surface area (Å²) in [5, 5.41) is 29.2. The summed E-state index contributed by atoms with van der Waals surface area (Å²) in [6.07, 6.45) is 9.39. The standard InChI is InChI=1S/C30H37N5O7/c1-21(9-4-6-15-33-20-22(14-18-36)31-32-33)30(40)24-19-23(34-17-8-10-26(41-2)28(34)38)12-13-25(24)35(29(30)39)16-7-5-11-27(37)42-3/h4,8-10,12-13,17,19-21,36,40H,5-7,11,14-16,18H2,1-3H3/b9-4+/t21-,30+/m0/s1. The van der Waals surface area contributed by atoms with Gasteiger partial charge in [-0.3, -0.25) is 23.6 Å².